The predicted molar refractivity (Wildman–Crippen MR) is 113 cm³/mol. The average molecular weight is 379 g/mol. The molecule has 5 rings (SSSR count). The molecule has 5 heteroatoms. The topological polar surface area (TPSA) is 56.5 Å². The number of halogens is 1. The van der Waals surface area contributed by atoms with E-state index in [2.05, 4.69) is 51.5 Å². The van der Waals surface area contributed by atoms with E-state index in [1.54, 1.807) is 0 Å². The van der Waals surface area contributed by atoms with Crippen LogP contribution in [-0.4, -0.2) is 28.0 Å². The summed E-state index contributed by atoms with van der Waals surface area (Å²) in [6.45, 7) is 4.45. The molecule has 0 spiro atoms. The van der Waals surface area contributed by atoms with Gasteiger partial charge >= 0.3 is 0 Å². The second-order valence-corrected chi connectivity index (χ2v) is 7.79. The van der Waals surface area contributed by atoms with E-state index in [0.717, 1.165) is 41.8 Å². The number of aromatic nitrogens is 3. The van der Waals surface area contributed by atoms with Gasteiger partial charge in [0.1, 0.15) is 5.65 Å². The number of H-pyrrole nitrogens is 2. The summed E-state index contributed by atoms with van der Waals surface area (Å²) >= 11 is 6.46. The van der Waals surface area contributed by atoms with Crippen molar-refractivity contribution in [2.45, 2.75) is 32.1 Å². The van der Waals surface area contributed by atoms with Gasteiger partial charge in [0, 0.05) is 34.2 Å². The van der Waals surface area contributed by atoms with Crippen LogP contribution in [0.3, 0.4) is 0 Å². The van der Waals surface area contributed by atoms with Gasteiger partial charge in [-0.3, -0.25) is 0 Å². The largest absolute Gasteiger partial charge is 0.354 e. The lowest BCUT2D eigenvalue weighted by molar-refractivity contribution is 0.460. The standard InChI is InChI=1S/C22H23ClN4/c1-2-15-17-11-14(13-5-8-24-9-6-13)3-4-19(17)27-21(15)16-7-10-25-22-20(16)18(23)12-26-22/h3-4,7,10-13,24,27H,2,5-6,8-9H2,1H3,(H,25,26). The van der Waals surface area contributed by atoms with Crippen molar-refractivity contribution in [3.05, 3.63) is 52.8 Å². The van der Waals surface area contributed by atoms with Crippen LogP contribution in [0.4, 0.5) is 0 Å². The van der Waals surface area contributed by atoms with Gasteiger partial charge in [-0.05, 0) is 67.6 Å². The fraction of sp³-hybridized carbons (Fsp3) is 0.318. The minimum atomic E-state index is 0.658. The zero-order chi connectivity index (χ0) is 18.4. The highest BCUT2D eigenvalue weighted by molar-refractivity contribution is 6.36. The van der Waals surface area contributed by atoms with Gasteiger partial charge in [-0.25, -0.2) is 4.98 Å². The Morgan fingerprint density at radius 2 is 2.04 bits per heavy atom. The summed E-state index contributed by atoms with van der Waals surface area (Å²) in [6.07, 6.45) is 7.06. The first-order valence-corrected chi connectivity index (χ1v) is 10.1. The van der Waals surface area contributed by atoms with Crippen LogP contribution >= 0.6 is 11.6 Å². The fourth-order valence-electron chi connectivity index (χ4n) is 4.50. The van der Waals surface area contributed by atoms with Crippen molar-refractivity contribution in [1.82, 2.24) is 20.3 Å². The first kappa shape index (κ1) is 16.8. The number of aromatic amines is 2. The quantitative estimate of drug-likeness (QED) is 0.447. The van der Waals surface area contributed by atoms with Gasteiger partial charge in [0.15, 0.2) is 0 Å². The van der Waals surface area contributed by atoms with E-state index in [9.17, 15) is 0 Å². The average Bonchev–Trinajstić information content (AvgIpc) is 3.28. The number of piperidine rings is 1. The van der Waals surface area contributed by atoms with E-state index in [1.165, 1.54) is 34.9 Å². The molecule has 1 aliphatic rings. The Labute approximate surface area is 163 Å². The monoisotopic (exact) mass is 378 g/mol. The number of pyridine rings is 1. The summed E-state index contributed by atoms with van der Waals surface area (Å²) < 4.78 is 0. The molecule has 4 nitrogen and oxygen atoms in total. The third kappa shape index (κ3) is 2.75. The Kier molecular flexibility index (Phi) is 4.18. The van der Waals surface area contributed by atoms with Crippen molar-refractivity contribution in [3.8, 4) is 11.3 Å². The molecule has 0 unspecified atom stereocenters. The summed E-state index contributed by atoms with van der Waals surface area (Å²) in [5.74, 6) is 0.658. The van der Waals surface area contributed by atoms with Gasteiger partial charge in [0.2, 0.25) is 0 Å². The van der Waals surface area contributed by atoms with E-state index < -0.39 is 0 Å². The third-order valence-electron chi connectivity index (χ3n) is 5.89. The molecule has 4 aromatic rings. The minimum Gasteiger partial charge on any atom is -0.354 e. The fourth-order valence-corrected chi connectivity index (χ4v) is 4.74. The molecule has 0 saturated carbocycles. The summed E-state index contributed by atoms with van der Waals surface area (Å²) in [4.78, 5) is 11.2. The second kappa shape index (κ2) is 6.70. The Morgan fingerprint density at radius 3 is 2.85 bits per heavy atom. The Hall–Kier alpha value is -2.30. The second-order valence-electron chi connectivity index (χ2n) is 7.38. The molecule has 1 aromatic carbocycles. The first-order valence-electron chi connectivity index (χ1n) is 9.73. The molecule has 0 radical (unpaired) electrons. The van der Waals surface area contributed by atoms with Gasteiger partial charge < -0.3 is 15.3 Å². The smallest absolute Gasteiger partial charge is 0.139 e. The van der Waals surface area contributed by atoms with Crippen LogP contribution in [0.5, 0.6) is 0 Å². The summed E-state index contributed by atoms with van der Waals surface area (Å²) in [5.41, 5.74) is 7.10. The van der Waals surface area contributed by atoms with Crippen LogP contribution in [0.15, 0.2) is 36.7 Å². The first-order chi connectivity index (χ1) is 13.3. The Bertz CT molecular complexity index is 1120. The summed E-state index contributed by atoms with van der Waals surface area (Å²) in [7, 11) is 0. The van der Waals surface area contributed by atoms with Crippen molar-refractivity contribution >= 4 is 33.5 Å². The molecule has 0 bridgehead atoms. The van der Waals surface area contributed by atoms with Crippen LogP contribution in [0.1, 0.15) is 36.8 Å². The van der Waals surface area contributed by atoms with Crippen molar-refractivity contribution in [1.29, 1.82) is 0 Å². The van der Waals surface area contributed by atoms with E-state index in [4.69, 9.17) is 11.6 Å². The molecular weight excluding hydrogens is 356 g/mol. The highest BCUT2D eigenvalue weighted by atomic mass is 35.5. The number of hydrogen-bond acceptors (Lipinski definition) is 2. The lowest BCUT2D eigenvalue weighted by Crippen LogP contribution is -2.26. The van der Waals surface area contributed by atoms with Crippen molar-refractivity contribution < 1.29 is 0 Å². The van der Waals surface area contributed by atoms with Gasteiger partial charge in [-0.2, -0.15) is 0 Å². The van der Waals surface area contributed by atoms with Crippen LogP contribution in [0, 0.1) is 0 Å². The lowest BCUT2D eigenvalue weighted by Gasteiger charge is -2.23. The summed E-state index contributed by atoms with van der Waals surface area (Å²) in [5, 5.41) is 6.49. The Morgan fingerprint density at radius 1 is 1.19 bits per heavy atom. The van der Waals surface area contributed by atoms with Crippen LogP contribution in [0.25, 0.3) is 33.2 Å². The van der Waals surface area contributed by atoms with E-state index in [1.807, 2.05) is 12.4 Å². The number of fused-ring (bicyclic) bond motifs is 2. The van der Waals surface area contributed by atoms with Crippen LogP contribution in [0.2, 0.25) is 5.02 Å². The van der Waals surface area contributed by atoms with Gasteiger partial charge in [-0.15, -0.1) is 0 Å². The number of hydrogen-bond donors (Lipinski definition) is 3. The Balaban J connectivity index is 1.69. The molecule has 27 heavy (non-hydrogen) atoms. The van der Waals surface area contributed by atoms with Crippen molar-refractivity contribution in [2.24, 2.45) is 0 Å². The maximum atomic E-state index is 6.46. The molecule has 4 heterocycles. The molecule has 1 fully saturated rings. The predicted octanol–water partition coefficient (Wildman–Crippen LogP) is 5.39. The highest BCUT2D eigenvalue weighted by Crippen LogP contribution is 2.38. The van der Waals surface area contributed by atoms with Gasteiger partial charge in [0.25, 0.3) is 0 Å². The molecule has 3 N–H and O–H groups in total. The third-order valence-corrected chi connectivity index (χ3v) is 6.19. The van der Waals surface area contributed by atoms with Crippen molar-refractivity contribution in [3.63, 3.8) is 0 Å². The zero-order valence-electron chi connectivity index (χ0n) is 15.4. The van der Waals surface area contributed by atoms with E-state index >= 15 is 0 Å². The van der Waals surface area contributed by atoms with Gasteiger partial charge in [-0.1, -0.05) is 24.6 Å². The van der Waals surface area contributed by atoms with Gasteiger partial charge in [0.05, 0.1) is 10.7 Å². The van der Waals surface area contributed by atoms with Crippen LogP contribution < -0.4 is 5.32 Å². The molecule has 138 valence electrons. The number of nitrogens with zero attached hydrogens (tertiary/aromatic N) is 1. The summed E-state index contributed by atoms with van der Waals surface area (Å²) in [6, 6.07) is 9.00. The minimum absolute atomic E-state index is 0.658. The molecule has 0 atom stereocenters. The van der Waals surface area contributed by atoms with E-state index in [-0.39, 0.29) is 0 Å². The van der Waals surface area contributed by atoms with Crippen molar-refractivity contribution in [2.75, 3.05) is 13.1 Å². The number of nitrogens with one attached hydrogen (secondary N) is 3. The molecule has 3 aromatic heterocycles. The zero-order valence-corrected chi connectivity index (χ0v) is 16.2. The normalized spacial score (nSPS) is 15.8. The molecule has 1 saturated heterocycles. The maximum absolute atomic E-state index is 6.46. The number of rotatable bonds is 3. The molecule has 0 amide bonds. The number of benzene rings is 1. The van der Waals surface area contributed by atoms with Crippen LogP contribution in [-0.2, 0) is 6.42 Å². The molecule has 0 aliphatic carbocycles. The lowest BCUT2D eigenvalue weighted by atomic mass is 9.89. The SMILES string of the molecule is CCc1c(-c2ccnc3[nH]cc(Cl)c23)[nH]c2ccc(C3CCNCC3)cc12. The molecular formula is C22H23ClN4. The maximum Gasteiger partial charge on any atom is 0.139 e. The van der Waals surface area contributed by atoms with E-state index in [0.29, 0.717) is 10.9 Å². The molecule has 1 aliphatic heterocycles. The highest BCUT2D eigenvalue weighted by Gasteiger charge is 2.19. The number of aryl methyl sites for hydroxylation is 1.